The first-order valence-corrected chi connectivity index (χ1v) is 10.1. The lowest BCUT2D eigenvalue weighted by molar-refractivity contribution is -0.131. The fourth-order valence-corrected chi connectivity index (χ4v) is 4.31. The van der Waals surface area contributed by atoms with Crippen molar-refractivity contribution < 1.29 is 14.3 Å². The van der Waals surface area contributed by atoms with Gasteiger partial charge in [0.05, 0.1) is 11.3 Å². The zero-order valence-corrected chi connectivity index (χ0v) is 16.9. The molecule has 2 heterocycles. The lowest BCUT2D eigenvalue weighted by Gasteiger charge is -2.30. The van der Waals surface area contributed by atoms with Crippen LogP contribution < -0.4 is 9.47 Å². The number of rotatable bonds is 6. The summed E-state index contributed by atoms with van der Waals surface area (Å²) in [6.07, 6.45) is 0.867. The first-order chi connectivity index (χ1) is 12.4. The van der Waals surface area contributed by atoms with E-state index in [0.717, 1.165) is 39.4 Å². The summed E-state index contributed by atoms with van der Waals surface area (Å²) in [5.74, 6) is 2.04. The quantitative estimate of drug-likeness (QED) is 0.707. The second-order valence-corrected chi connectivity index (χ2v) is 7.95. The van der Waals surface area contributed by atoms with Gasteiger partial charge in [-0.25, -0.2) is 4.98 Å². The third kappa shape index (κ3) is 3.75. The topological polar surface area (TPSA) is 51.7 Å². The van der Waals surface area contributed by atoms with Gasteiger partial charge in [0.15, 0.2) is 11.5 Å². The number of hydrogen-bond acceptors (Lipinski definition) is 5. The van der Waals surface area contributed by atoms with E-state index in [9.17, 15) is 4.79 Å². The van der Waals surface area contributed by atoms with Crippen molar-refractivity contribution in [2.24, 2.45) is 0 Å². The Hall–Kier alpha value is -1.95. The Bertz CT molecular complexity index is 812. The van der Waals surface area contributed by atoms with Crippen molar-refractivity contribution in [2.75, 3.05) is 12.5 Å². The smallest absolute Gasteiger partial charge is 0.233 e. The highest BCUT2D eigenvalue weighted by atomic mass is 32.2. The lowest BCUT2D eigenvalue weighted by Crippen LogP contribution is -2.43. The molecule has 0 bridgehead atoms. The minimum absolute atomic E-state index is 0.148. The first-order valence-electron chi connectivity index (χ1n) is 9.08. The zero-order valence-electron chi connectivity index (χ0n) is 16.0. The number of pyridine rings is 1. The molecule has 1 aliphatic heterocycles. The number of nitrogens with zero attached hydrogens (tertiary/aromatic N) is 2. The molecule has 0 spiro atoms. The molecule has 6 heteroatoms. The van der Waals surface area contributed by atoms with Crippen molar-refractivity contribution >= 4 is 28.6 Å². The molecule has 3 rings (SSSR count). The third-order valence-corrected chi connectivity index (χ3v) is 5.48. The van der Waals surface area contributed by atoms with Crippen molar-refractivity contribution in [1.82, 2.24) is 9.88 Å². The summed E-state index contributed by atoms with van der Waals surface area (Å²) in [6.45, 7) is 10.6. The van der Waals surface area contributed by atoms with Gasteiger partial charge in [-0.3, -0.25) is 4.79 Å². The van der Waals surface area contributed by atoms with E-state index in [1.165, 1.54) is 11.8 Å². The van der Waals surface area contributed by atoms with Gasteiger partial charge in [-0.05, 0) is 51.8 Å². The number of fused-ring (bicyclic) bond motifs is 2. The van der Waals surface area contributed by atoms with E-state index in [1.54, 1.807) is 0 Å². The highest BCUT2D eigenvalue weighted by Gasteiger charge is 2.21. The molecule has 1 aromatic heterocycles. The number of aromatic nitrogens is 1. The fourth-order valence-electron chi connectivity index (χ4n) is 3.35. The zero-order chi connectivity index (χ0) is 18.8. The van der Waals surface area contributed by atoms with Crippen LogP contribution in [-0.4, -0.2) is 40.4 Å². The average Bonchev–Trinajstić information content (AvgIpc) is 3.03. The Kier molecular flexibility index (Phi) is 5.61. The lowest BCUT2D eigenvalue weighted by atomic mass is 10.1. The first kappa shape index (κ1) is 18.8. The van der Waals surface area contributed by atoms with Gasteiger partial charge < -0.3 is 14.4 Å². The van der Waals surface area contributed by atoms with Crippen LogP contribution in [0.25, 0.3) is 10.9 Å². The molecule has 1 amide bonds. The molecule has 2 aromatic rings. The number of carbonyl (C=O) groups excluding carboxylic acids is 1. The molecular formula is C20H26N2O3S. The Morgan fingerprint density at radius 3 is 2.42 bits per heavy atom. The van der Waals surface area contributed by atoms with E-state index in [1.807, 2.05) is 17.0 Å². The average molecular weight is 375 g/mol. The number of aryl methyl sites for hydroxylation is 1. The van der Waals surface area contributed by atoms with Crippen LogP contribution in [0.4, 0.5) is 0 Å². The van der Waals surface area contributed by atoms with Gasteiger partial charge in [0.2, 0.25) is 12.7 Å². The molecule has 1 aromatic carbocycles. The maximum absolute atomic E-state index is 12.7. The summed E-state index contributed by atoms with van der Waals surface area (Å²) in [5.41, 5.74) is 2.01. The summed E-state index contributed by atoms with van der Waals surface area (Å²) in [5, 5.41) is 1.95. The van der Waals surface area contributed by atoms with Crippen LogP contribution in [-0.2, 0) is 11.2 Å². The number of ether oxygens (including phenoxy) is 2. The van der Waals surface area contributed by atoms with E-state index in [4.69, 9.17) is 14.5 Å². The molecule has 0 aliphatic carbocycles. The van der Waals surface area contributed by atoms with Gasteiger partial charge >= 0.3 is 0 Å². The van der Waals surface area contributed by atoms with Gasteiger partial charge in [0.1, 0.15) is 5.03 Å². The van der Waals surface area contributed by atoms with Crippen LogP contribution in [0.3, 0.4) is 0 Å². The summed E-state index contributed by atoms with van der Waals surface area (Å²) in [4.78, 5) is 19.4. The maximum Gasteiger partial charge on any atom is 0.233 e. The molecule has 0 radical (unpaired) electrons. The normalized spacial score (nSPS) is 13.0. The highest BCUT2D eigenvalue weighted by molar-refractivity contribution is 7.99. The predicted octanol–water partition coefficient (Wildman–Crippen LogP) is 4.26. The van der Waals surface area contributed by atoms with Crippen molar-refractivity contribution in [3.05, 3.63) is 23.8 Å². The van der Waals surface area contributed by atoms with Crippen LogP contribution in [0.15, 0.2) is 23.2 Å². The maximum atomic E-state index is 12.7. The van der Waals surface area contributed by atoms with Crippen LogP contribution in [0.2, 0.25) is 0 Å². The molecule has 0 saturated carbocycles. The number of benzene rings is 1. The number of carbonyl (C=O) groups is 1. The number of thioether (sulfide) groups is 1. The monoisotopic (exact) mass is 374 g/mol. The standard InChI is InChI=1S/C20H26N2O3S/c1-6-14-7-15-8-17-18(25-11-24-17)9-16(15)21-20(14)26-10-19(23)22(12(2)3)13(4)5/h7-9,12-13H,6,10-11H2,1-5H3. The summed E-state index contributed by atoms with van der Waals surface area (Å²) >= 11 is 1.52. The van der Waals surface area contributed by atoms with Crippen molar-refractivity contribution in [3.8, 4) is 11.5 Å². The summed E-state index contributed by atoms with van der Waals surface area (Å²) in [6, 6.07) is 6.41. The van der Waals surface area contributed by atoms with Gasteiger partial charge in [-0.15, -0.1) is 0 Å². The van der Waals surface area contributed by atoms with E-state index in [0.29, 0.717) is 5.75 Å². The van der Waals surface area contributed by atoms with Crippen LogP contribution >= 0.6 is 11.8 Å². The molecule has 0 atom stereocenters. The largest absolute Gasteiger partial charge is 0.454 e. The molecule has 26 heavy (non-hydrogen) atoms. The molecule has 5 nitrogen and oxygen atoms in total. The second-order valence-electron chi connectivity index (χ2n) is 6.98. The van der Waals surface area contributed by atoms with Crippen LogP contribution in [0, 0.1) is 0 Å². The Morgan fingerprint density at radius 1 is 1.15 bits per heavy atom. The van der Waals surface area contributed by atoms with Crippen molar-refractivity contribution in [3.63, 3.8) is 0 Å². The molecule has 0 fully saturated rings. The fraction of sp³-hybridized carbons (Fsp3) is 0.500. The Morgan fingerprint density at radius 2 is 1.81 bits per heavy atom. The Balaban J connectivity index is 1.85. The third-order valence-electron chi connectivity index (χ3n) is 4.46. The van der Waals surface area contributed by atoms with Gasteiger partial charge in [-0.1, -0.05) is 18.7 Å². The van der Waals surface area contributed by atoms with E-state index in [-0.39, 0.29) is 24.8 Å². The van der Waals surface area contributed by atoms with Crippen LogP contribution in [0.5, 0.6) is 11.5 Å². The molecule has 140 valence electrons. The highest BCUT2D eigenvalue weighted by Crippen LogP contribution is 2.37. The molecular weight excluding hydrogens is 348 g/mol. The minimum Gasteiger partial charge on any atom is -0.454 e. The summed E-state index contributed by atoms with van der Waals surface area (Å²) in [7, 11) is 0. The van der Waals surface area contributed by atoms with Gasteiger partial charge in [0, 0.05) is 23.5 Å². The molecule has 0 unspecified atom stereocenters. The van der Waals surface area contributed by atoms with Gasteiger partial charge in [0.25, 0.3) is 0 Å². The minimum atomic E-state index is 0.148. The van der Waals surface area contributed by atoms with E-state index >= 15 is 0 Å². The molecule has 0 saturated heterocycles. The van der Waals surface area contributed by atoms with E-state index in [2.05, 4.69) is 40.7 Å². The Labute approximate surface area is 159 Å². The van der Waals surface area contributed by atoms with E-state index < -0.39 is 0 Å². The molecule has 1 aliphatic rings. The predicted molar refractivity (Wildman–Crippen MR) is 105 cm³/mol. The van der Waals surface area contributed by atoms with Crippen molar-refractivity contribution in [2.45, 2.75) is 58.1 Å². The van der Waals surface area contributed by atoms with Gasteiger partial charge in [-0.2, -0.15) is 0 Å². The van der Waals surface area contributed by atoms with Crippen LogP contribution in [0.1, 0.15) is 40.2 Å². The second kappa shape index (κ2) is 7.74. The van der Waals surface area contributed by atoms with Crippen molar-refractivity contribution in [1.29, 1.82) is 0 Å². The number of hydrogen-bond donors (Lipinski definition) is 0. The molecule has 0 N–H and O–H groups in total. The summed E-state index contributed by atoms with van der Waals surface area (Å²) < 4.78 is 10.9. The number of amides is 1. The SMILES string of the molecule is CCc1cc2cc3c(cc2nc1SCC(=O)N(C(C)C)C(C)C)OCO3.